The molecule has 1 atom stereocenters. The lowest BCUT2D eigenvalue weighted by molar-refractivity contribution is 0.0721. The van der Waals surface area contributed by atoms with Gasteiger partial charge in [-0.2, -0.15) is 5.10 Å². The van der Waals surface area contributed by atoms with E-state index in [9.17, 15) is 9.59 Å². The number of amides is 1. The topological polar surface area (TPSA) is 55.2 Å². The van der Waals surface area contributed by atoms with Crippen LogP contribution in [0.15, 0.2) is 59.4 Å². The molecule has 0 saturated carbocycles. The number of aryl methyl sites for hydroxylation is 2. The SMILES string of the molecule is Cc1cc(=O)c(C(=O)N(C)[C@@H]2CCc3ccccc32)nn1-c1ccc(Cl)cc1. The smallest absolute Gasteiger partial charge is 0.278 e. The van der Waals surface area contributed by atoms with Crippen molar-refractivity contribution in [3.8, 4) is 5.69 Å². The molecule has 3 aromatic rings. The maximum absolute atomic E-state index is 13.1. The number of hydrogen-bond acceptors (Lipinski definition) is 3. The molecule has 2 aromatic carbocycles. The molecule has 0 radical (unpaired) electrons. The Balaban J connectivity index is 1.71. The lowest BCUT2D eigenvalue weighted by Crippen LogP contribution is -2.35. The van der Waals surface area contributed by atoms with Crippen LogP contribution in [0.25, 0.3) is 5.69 Å². The average molecular weight is 394 g/mol. The first-order chi connectivity index (χ1) is 13.5. The Morgan fingerprint density at radius 2 is 1.89 bits per heavy atom. The molecular formula is C22H20ClN3O2. The third kappa shape index (κ3) is 3.22. The largest absolute Gasteiger partial charge is 0.333 e. The number of aromatic nitrogens is 2. The standard InChI is InChI=1S/C22H20ClN3O2/c1-14-13-20(27)21(24-26(14)17-10-8-16(23)9-11-17)22(28)25(2)19-12-7-15-5-3-4-6-18(15)19/h3-6,8-11,13,19H,7,12H2,1-2H3/t19-/m1/s1. The Morgan fingerprint density at radius 1 is 1.18 bits per heavy atom. The second-order valence-electron chi connectivity index (χ2n) is 7.06. The van der Waals surface area contributed by atoms with Crippen LogP contribution in [-0.4, -0.2) is 27.6 Å². The van der Waals surface area contributed by atoms with Crippen LogP contribution in [-0.2, 0) is 6.42 Å². The molecule has 6 heteroatoms. The van der Waals surface area contributed by atoms with Gasteiger partial charge in [-0.1, -0.05) is 35.9 Å². The van der Waals surface area contributed by atoms with Crippen molar-refractivity contribution in [2.24, 2.45) is 0 Å². The molecule has 4 rings (SSSR count). The number of halogens is 1. The highest BCUT2D eigenvalue weighted by atomic mass is 35.5. The molecular weight excluding hydrogens is 374 g/mol. The van der Waals surface area contributed by atoms with Gasteiger partial charge in [-0.3, -0.25) is 9.59 Å². The predicted octanol–water partition coefficient (Wildman–Crippen LogP) is 3.95. The number of benzene rings is 2. The van der Waals surface area contributed by atoms with Gasteiger partial charge in [0, 0.05) is 23.8 Å². The fourth-order valence-electron chi connectivity index (χ4n) is 3.78. The van der Waals surface area contributed by atoms with E-state index in [2.05, 4.69) is 11.2 Å². The van der Waals surface area contributed by atoms with Crippen LogP contribution in [0.2, 0.25) is 5.02 Å². The van der Waals surface area contributed by atoms with Gasteiger partial charge in [0.15, 0.2) is 5.69 Å². The number of hydrogen-bond donors (Lipinski definition) is 0. The first kappa shape index (κ1) is 18.4. The first-order valence-electron chi connectivity index (χ1n) is 9.17. The summed E-state index contributed by atoms with van der Waals surface area (Å²) < 4.78 is 1.60. The number of rotatable bonds is 3. The van der Waals surface area contributed by atoms with Gasteiger partial charge >= 0.3 is 0 Å². The molecule has 1 aliphatic carbocycles. The van der Waals surface area contributed by atoms with Gasteiger partial charge in [-0.05, 0) is 55.2 Å². The van der Waals surface area contributed by atoms with Crippen LogP contribution in [0, 0.1) is 6.92 Å². The summed E-state index contributed by atoms with van der Waals surface area (Å²) in [6.07, 6.45) is 1.77. The van der Waals surface area contributed by atoms with E-state index >= 15 is 0 Å². The lowest BCUT2D eigenvalue weighted by atomic mass is 10.1. The first-order valence-corrected chi connectivity index (χ1v) is 9.55. The Hall–Kier alpha value is -2.92. The number of nitrogens with zero attached hydrogens (tertiary/aromatic N) is 3. The summed E-state index contributed by atoms with van der Waals surface area (Å²) in [6.45, 7) is 1.79. The van der Waals surface area contributed by atoms with Crippen molar-refractivity contribution in [3.63, 3.8) is 0 Å². The minimum absolute atomic E-state index is 0.0461. The Kier molecular flexibility index (Phi) is 4.77. The summed E-state index contributed by atoms with van der Waals surface area (Å²) in [6, 6.07) is 16.6. The van der Waals surface area contributed by atoms with Crippen LogP contribution in [0.5, 0.6) is 0 Å². The number of fused-ring (bicyclic) bond motifs is 1. The van der Waals surface area contributed by atoms with E-state index in [1.54, 1.807) is 47.8 Å². The summed E-state index contributed by atoms with van der Waals surface area (Å²) in [5.41, 5.74) is 3.34. The molecule has 0 bridgehead atoms. The van der Waals surface area contributed by atoms with Crippen molar-refractivity contribution in [1.82, 2.24) is 14.7 Å². The molecule has 0 saturated heterocycles. The summed E-state index contributed by atoms with van der Waals surface area (Å²) in [7, 11) is 1.74. The summed E-state index contributed by atoms with van der Waals surface area (Å²) in [5.74, 6) is -0.366. The molecule has 0 unspecified atom stereocenters. The third-order valence-corrected chi connectivity index (χ3v) is 5.52. The molecule has 1 heterocycles. The van der Waals surface area contributed by atoms with Crippen molar-refractivity contribution in [3.05, 3.63) is 92.4 Å². The molecule has 142 valence electrons. The second kappa shape index (κ2) is 7.24. The normalized spacial score (nSPS) is 15.3. The van der Waals surface area contributed by atoms with Gasteiger partial charge in [0.25, 0.3) is 5.91 Å². The van der Waals surface area contributed by atoms with E-state index in [0.29, 0.717) is 10.7 Å². The number of carbonyl (C=O) groups is 1. The zero-order valence-corrected chi connectivity index (χ0v) is 16.5. The highest BCUT2D eigenvalue weighted by molar-refractivity contribution is 6.30. The maximum atomic E-state index is 13.1. The predicted molar refractivity (Wildman–Crippen MR) is 109 cm³/mol. The molecule has 28 heavy (non-hydrogen) atoms. The fraction of sp³-hybridized carbons (Fsp3) is 0.227. The molecule has 5 nitrogen and oxygen atoms in total. The summed E-state index contributed by atoms with van der Waals surface area (Å²) >= 11 is 5.96. The molecule has 1 aromatic heterocycles. The van der Waals surface area contributed by atoms with Crippen LogP contribution in [0.3, 0.4) is 0 Å². The molecule has 1 amide bonds. The fourth-order valence-corrected chi connectivity index (χ4v) is 3.91. The molecule has 0 aliphatic heterocycles. The van der Waals surface area contributed by atoms with Gasteiger partial charge in [0.2, 0.25) is 5.43 Å². The lowest BCUT2D eigenvalue weighted by Gasteiger charge is -2.25. The van der Waals surface area contributed by atoms with E-state index in [4.69, 9.17) is 11.6 Å². The Labute approximate surface area is 168 Å². The monoisotopic (exact) mass is 393 g/mol. The van der Waals surface area contributed by atoms with Crippen LogP contribution in [0.1, 0.15) is 39.8 Å². The van der Waals surface area contributed by atoms with E-state index in [1.165, 1.54) is 11.6 Å². The summed E-state index contributed by atoms with van der Waals surface area (Å²) in [5, 5.41) is 5.00. The van der Waals surface area contributed by atoms with Gasteiger partial charge in [-0.25, -0.2) is 4.68 Å². The van der Waals surface area contributed by atoms with Gasteiger partial charge in [-0.15, -0.1) is 0 Å². The number of carbonyl (C=O) groups excluding carboxylic acids is 1. The van der Waals surface area contributed by atoms with Crippen molar-refractivity contribution in [2.45, 2.75) is 25.8 Å². The van der Waals surface area contributed by atoms with Crippen molar-refractivity contribution in [2.75, 3.05) is 7.05 Å². The van der Waals surface area contributed by atoms with Crippen LogP contribution >= 0.6 is 11.6 Å². The van der Waals surface area contributed by atoms with Gasteiger partial charge in [0.1, 0.15) is 0 Å². The van der Waals surface area contributed by atoms with Gasteiger partial charge in [0.05, 0.1) is 11.7 Å². The zero-order chi connectivity index (χ0) is 19.8. The van der Waals surface area contributed by atoms with E-state index in [1.807, 2.05) is 18.2 Å². The summed E-state index contributed by atoms with van der Waals surface area (Å²) in [4.78, 5) is 27.3. The van der Waals surface area contributed by atoms with Crippen molar-refractivity contribution >= 4 is 17.5 Å². The minimum Gasteiger partial charge on any atom is -0.333 e. The molecule has 1 aliphatic rings. The Bertz CT molecular complexity index is 1110. The van der Waals surface area contributed by atoms with E-state index in [-0.39, 0.29) is 23.1 Å². The third-order valence-electron chi connectivity index (χ3n) is 5.27. The molecule has 0 spiro atoms. The molecule has 0 fully saturated rings. The quantitative estimate of drug-likeness (QED) is 0.677. The van der Waals surface area contributed by atoms with Crippen molar-refractivity contribution in [1.29, 1.82) is 0 Å². The minimum atomic E-state index is -0.370. The van der Waals surface area contributed by atoms with Gasteiger partial charge < -0.3 is 4.90 Å². The molecule has 0 N–H and O–H groups in total. The average Bonchev–Trinajstić information content (AvgIpc) is 3.12. The highest BCUT2D eigenvalue weighted by Crippen LogP contribution is 2.35. The Morgan fingerprint density at radius 3 is 2.64 bits per heavy atom. The second-order valence-corrected chi connectivity index (χ2v) is 7.49. The zero-order valence-electron chi connectivity index (χ0n) is 15.7. The maximum Gasteiger partial charge on any atom is 0.278 e. The van der Waals surface area contributed by atoms with Crippen LogP contribution in [0.4, 0.5) is 0 Å². The van der Waals surface area contributed by atoms with Crippen LogP contribution < -0.4 is 5.43 Å². The van der Waals surface area contributed by atoms with E-state index < -0.39 is 0 Å². The van der Waals surface area contributed by atoms with Crippen molar-refractivity contribution < 1.29 is 4.79 Å². The van der Waals surface area contributed by atoms with E-state index in [0.717, 1.165) is 24.1 Å². The highest BCUT2D eigenvalue weighted by Gasteiger charge is 2.30.